The second kappa shape index (κ2) is 10.3. The number of hydrogen-bond donors (Lipinski definition) is 0. The number of allylic oxidation sites excluding steroid dienone is 1. The van der Waals surface area contributed by atoms with Crippen LogP contribution in [-0.4, -0.2) is 24.5 Å². The fraction of sp³-hybridized carbons (Fsp3) is 0.185. The zero-order valence-electron chi connectivity index (χ0n) is 18.1. The topological polar surface area (TPSA) is 15.7 Å². The lowest BCUT2D eigenvalue weighted by molar-refractivity contribution is -0.137. The molecule has 0 spiro atoms. The predicted octanol–water partition coefficient (Wildman–Crippen LogP) is 7.03. The molecule has 0 unspecified atom stereocenters. The van der Waals surface area contributed by atoms with E-state index >= 15 is 0 Å². The van der Waals surface area contributed by atoms with Crippen LogP contribution in [0.25, 0.3) is 0 Å². The van der Waals surface area contributed by atoms with E-state index in [0.717, 1.165) is 43.0 Å². The Morgan fingerprint density at radius 3 is 2.09 bits per heavy atom. The maximum atomic E-state index is 12.9. The fourth-order valence-electron chi connectivity index (χ4n) is 3.68. The number of para-hydroxylation sites is 2. The van der Waals surface area contributed by atoms with E-state index in [1.165, 1.54) is 12.1 Å². The molecule has 0 amide bonds. The molecular weight excluding hydrogens is 425 g/mol. The summed E-state index contributed by atoms with van der Waals surface area (Å²) in [6, 6.07) is 25.5. The highest BCUT2D eigenvalue weighted by atomic mass is 19.4. The van der Waals surface area contributed by atoms with Gasteiger partial charge in [0.05, 0.1) is 5.56 Å². The summed E-state index contributed by atoms with van der Waals surface area (Å²) in [6.45, 7) is 2.34. The lowest BCUT2D eigenvalue weighted by atomic mass is 10.2. The molecule has 3 aromatic carbocycles. The van der Waals surface area contributed by atoms with E-state index in [4.69, 9.17) is 4.74 Å². The SMILES string of the molecule is FC(F)(F)c1cccc(OC2=CCN(CCCN(c3ccccc3)c3ccccc3)C=C2)c1. The normalized spacial score (nSPS) is 13.5. The molecule has 0 atom stereocenters. The van der Waals surface area contributed by atoms with Crippen molar-refractivity contribution in [2.24, 2.45) is 0 Å². The second-order valence-corrected chi connectivity index (χ2v) is 7.72. The van der Waals surface area contributed by atoms with E-state index in [0.29, 0.717) is 12.3 Å². The van der Waals surface area contributed by atoms with Crippen LogP contribution in [0.15, 0.2) is 109 Å². The number of rotatable bonds is 8. The molecule has 0 saturated carbocycles. The van der Waals surface area contributed by atoms with Gasteiger partial charge in [-0.1, -0.05) is 42.5 Å². The standard InChI is InChI=1S/C27H25F3N2O/c28-27(29,30)22-9-7-14-26(21-22)33-25-15-19-31(20-16-25)17-8-18-32(23-10-3-1-4-11-23)24-12-5-2-6-13-24/h1-7,9-16,19,21H,8,17-18,20H2. The molecule has 0 saturated heterocycles. The Kier molecular flexibility index (Phi) is 7.03. The van der Waals surface area contributed by atoms with Gasteiger partial charge in [-0.2, -0.15) is 13.2 Å². The Bertz CT molecular complexity index is 1060. The number of halogens is 3. The van der Waals surface area contributed by atoms with E-state index in [1.54, 1.807) is 6.08 Å². The van der Waals surface area contributed by atoms with Crippen molar-refractivity contribution in [1.82, 2.24) is 4.90 Å². The van der Waals surface area contributed by atoms with Crippen molar-refractivity contribution in [3.05, 3.63) is 115 Å². The molecule has 0 radical (unpaired) electrons. The monoisotopic (exact) mass is 450 g/mol. The van der Waals surface area contributed by atoms with Crippen molar-refractivity contribution < 1.29 is 17.9 Å². The average Bonchev–Trinajstić information content (AvgIpc) is 2.84. The summed E-state index contributed by atoms with van der Waals surface area (Å²) in [6.07, 6.45) is 2.15. The predicted molar refractivity (Wildman–Crippen MR) is 125 cm³/mol. The van der Waals surface area contributed by atoms with E-state index in [1.807, 2.05) is 48.7 Å². The Morgan fingerprint density at radius 2 is 1.52 bits per heavy atom. The van der Waals surface area contributed by atoms with Crippen molar-refractivity contribution in [2.45, 2.75) is 12.6 Å². The van der Waals surface area contributed by atoms with E-state index in [-0.39, 0.29) is 5.75 Å². The summed E-state index contributed by atoms with van der Waals surface area (Å²) in [5, 5.41) is 0. The molecule has 1 aliphatic heterocycles. The number of ether oxygens (including phenoxy) is 1. The van der Waals surface area contributed by atoms with Gasteiger partial charge in [0.1, 0.15) is 11.5 Å². The molecule has 0 aliphatic carbocycles. The molecule has 170 valence electrons. The van der Waals surface area contributed by atoms with E-state index in [9.17, 15) is 13.2 Å². The first kappa shape index (κ1) is 22.5. The summed E-state index contributed by atoms with van der Waals surface area (Å²) in [7, 11) is 0. The molecule has 0 N–H and O–H groups in total. The molecular formula is C27H25F3N2O. The number of benzene rings is 3. The van der Waals surface area contributed by atoms with Gasteiger partial charge in [-0.15, -0.1) is 0 Å². The van der Waals surface area contributed by atoms with Crippen LogP contribution in [-0.2, 0) is 6.18 Å². The van der Waals surface area contributed by atoms with Crippen LogP contribution in [0.1, 0.15) is 12.0 Å². The lowest BCUT2D eigenvalue weighted by Gasteiger charge is -2.27. The van der Waals surface area contributed by atoms with Gasteiger partial charge < -0.3 is 14.5 Å². The highest BCUT2D eigenvalue weighted by Gasteiger charge is 2.30. The van der Waals surface area contributed by atoms with Crippen molar-refractivity contribution >= 4 is 11.4 Å². The molecule has 1 heterocycles. The third kappa shape index (κ3) is 6.19. The van der Waals surface area contributed by atoms with Crippen LogP contribution < -0.4 is 9.64 Å². The molecule has 0 bridgehead atoms. The van der Waals surface area contributed by atoms with Crippen LogP contribution in [0, 0.1) is 0 Å². The van der Waals surface area contributed by atoms with Crippen LogP contribution in [0.2, 0.25) is 0 Å². The Morgan fingerprint density at radius 1 is 0.848 bits per heavy atom. The minimum absolute atomic E-state index is 0.176. The summed E-state index contributed by atoms with van der Waals surface area (Å²) in [5.41, 5.74) is 1.58. The summed E-state index contributed by atoms with van der Waals surface area (Å²) >= 11 is 0. The first-order valence-corrected chi connectivity index (χ1v) is 10.8. The van der Waals surface area contributed by atoms with Gasteiger partial charge in [0.15, 0.2) is 0 Å². The molecule has 3 nitrogen and oxygen atoms in total. The first-order valence-electron chi connectivity index (χ1n) is 10.8. The van der Waals surface area contributed by atoms with Crippen molar-refractivity contribution in [3.63, 3.8) is 0 Å². The van der Waals surface area contributed by atoms with Gasteiger partial charge in [0.2, 0.25) is 0 Å². The fourth-order valence-corrected chi connectivity index (χ4v) is 3.68. The molecule has 33 heavy (non-hydrogen) atoms. The summed E-state index contributed by atoms with van der Waals surface area (Å²) in [4.78, 5) is 4.46. The average molecular weight is 451 g/mol. The number of anilines is 2. The Hall–Kier alpha value is -3.67. The quantitative estimate of drug-likeness (QED) is 0.367. The lowest BCUT2D eigenvalue weighted by Crippen LogP contribution is -2.26. The Balaban J connectivity index is 1.31. The third-order valence-corrected chi connectivity index (χ3v) is 5.34. The minimum Gasteiger partial charge on any atom is -0.458 e. The highest BCUT2D eigenvalue weighted by molar-refractivity contribution is 5.62. The van der Waals surface area contributed by atoms with Gasteiger partial charge in [0.25, 0.3) is 0 Å². The van der Waals surface area contributed by atoms with Crippen molar-refractivity contribution in [3.8, 4) is 5.75 Å². The Labute approximate surface area is 192 Å². The summed E-state index contributed by atoms with van der Waals surface area (Å²) in [5.74, 6) is 0.719. The smallest absolute Gasteiger partial charge is 0.416 e. The summed E-state index contributed by atoms with van der Waals surface area (Å²) < 4.78 is 44.3. The van der Waals surface area contributed by atoms with Crippen molar-refractivity contribution in [2.75, 3.05) is 24.5 Å². The molecule has 0 aromatic heterocycles. The molecule has 1 aliphatic rings. The number of hydrogen-bond acceptors (Lipinski definition) is 3. The van der Waals surface area contributed by atoms with Gasteiger partial charge >= 0.3 is 6.18 Å². The van der Waals surface area contributed by atoms with Gasteiger partial charge in [-0.25, -0.2) is 0 Å². The van der Waals surface area contributed by atoms with E-state index < -0.39 is 11.7 Å². The van der Waals surface area contributed by atoms with Gasteiger partial charge in [-0.3, -0.25) is 0 Å². The van der Waals surface area contributed by atoms with Crippen LogP contribution >= 0.6 is 0 Å². The third-order valence-electron chi connectivity index (χ3n) is 5.34. The van der Waals surface area contributed by atoms with Crippen molar-refractivity contribution in [1.29, 1.82) is 0 Å². The van der Waals surface area contributed by atoms with Gasteiger partial charge in [0, 0.05) is 37.2 Å². The minimum atomic E-state index is -4.39. The number of alkyl halides is 3. The zero-order chi connectivity index (χ0) is 23.1. The zero-order valence-corrected chi connectivity index (χ0v) is 18.1. The maximum absolute atomic E-state index is 12.9. The maximum Gasteiger partial charge on any atom is 0.416 e. The second-order valence-electron chi connectivity index (χ2n) is 7.72. The van der Waals surface area contributed by atoms with Crippen LogP contribution in [0.4, 0.5) is 24.5 Å². The first-order chi connectivity index (χ1) is 16.0. The molecule has 3 aromatic rings. The van der Waals surface area contributed by atoms with Crippen LogP contribution in [0.5, 0.6) is 5.75 Å². The highest BCUT2D eigenvalue weighted by Crippen LogP contribution is 2.32. The van der Waals surface area contributed by atoms with Crippen LogP contribution in [0.3, 0.4) is 0 Å². The molecule has 4 rings (SSSR count). The van der Waals surface area contributed by atoms with Gasteiger partial charge in [-0.05, 0) is 61.0 Å². The largest absolute Gasteiger partial charge is 0.458 e. The van der Waals surface area contributed by atoms with E-state index in [2.05, 4.69) is 34.1 Å². The number of nitrogens with zero attached hydrogens (tertiary/aromatic N) is 2. The molecule has 0 fully saturated rings. The molecule has 6 heteroatoms.